The Balaban J connectivity index is 1.97. The van der Waals surface area contributed by atoms with E-state index in [0.29, 0.717) is 23.9 Å². The number of thiophene rings is 1. The molecule has 1 fully saturated rings. The van der Waals surface area contributed by atoms with E-state index in [2.05, 4.69) is 31.9 Å². The van der Waals surface area contributed by atoms with Gasteiger partial charge in [0.1, 0.15) is 4.21 Å². The van der Waals surface area contributed by atoms with Crippen molar-refractivity contribution in [1.82, 2.24) is 4.31 Å². The molecule has 0 spiro atoms. The highest BCUT2D eigenvalue weighted by atomic mass is 79.9. The van der Waals surface area contributed by atoms with Crippen molar-refractivity contribution in [2.24, 2.45) is 0 Å². The molecule has 0 saturated carbocycles. The van der Waals surface area contributed by atoms with Crippen LogP contribution in [0.2, 0.25) is 0 Å². The van der Waals surface area contributed by atoms with E-state index < -0.39 is 10.0 Å². The van der Waals surface area contributed by atoms with E-state index in [9.17, 15) is 8.42 Å². The minimum Gasteiger partial charge on any atom is -0.377 e. The minimum atomic E-state index is -3.33. The van der Waals surface area contributed by atoms with Gasteiger partial charge < -0.3 is 4.74 Å². The summed E-state index contributed by atoms with van der Waals surface area (Å²) in [6.45, 7) is 1.74. The SMILES string of the molecule is O=S(=O)(c1ccc(Br)s1)N1CCC(OCCBr)CC1. The molecule has 0 amide bonds. The second-order valence-corrected chi connectivity index (χ2v) is 9.64. The minimum absolute atomic E-state index is 0.180. The molecule has 19 heavy (non-hydrogen) atoms. The quantitative estimate of drug-likeness (QED) is 0.671. The summed E-state index contributed by atoms with van der Waals surface area (Å²) in [7, 11) is -3.33. The van der Waals surface area contributed by atoms with Gasteiger partial charge in [0, 0.05) is 18.4 Å². The smallest absolute Gasteiger partial charge is 0.252 e. The Labute approximate surface area is 134 Å². The molecule has 0 N–H and O–H groups in total. The number of hydrogen-bond donors (Lipinski definition) is 0. The zero-order chi connectivity index (χ0) is 13.9. The van der Waals surface area contributed by atoms with Gasteiger partial charge in [-0.2, -0.15) is 4.31 Å². The van der Waals surface area contributed by atoms with Crippen molar-refractivity contribution in [3.05, 3.63) is 15.9 Å². The van der Waals surface area contributed by atoms with Gasteiger partial charge in [0.15, 0.2) is 0 Å². The number of sulfonamides is 1. The Kier molecular flexibility index (Phi) is 5.86. The van der Waals surface area contributed by atoms with Crippen LogP contribution >= 0.6 is 43.2 Å². The van der Waals surface area contributed by atoms with E-state index in [4.69, 9.17) is 4.74 Å². The molecule has 0 bridgehead atoms. The number of hydrogen-bond acceptors (Lipinski definition) is 4. The molecule has 1 aromatic rings. The van der Waals surface area contributed by atoms with E-state index in [1.165, 1.54) is 11.3 Å². The summed E-state index contributed by atoms with van der Waals surface area (Å²) in [6.07, 6.45) is 1.71. The highest BCUT2D eigenvalue weighted by Crippen LogP contribution is 2.30. The third-order valence-corrected chi connectivity index (χ3v) is 7.29. The lowest BCUT2D eigenvalue weighted by Crippen LogP contribution is -2.40. The fraction of sp³-hybridized carbons (Fsp3) is 0.636. The predicted octanol–water partition coefficient (Wildman–Crippen LogP) is 3.08. The molecule has 0 radical (unpaired) electrons. The molecular weight excluding hydrogens is 418 g/mol. The van der Waals surface area contributed by atoms with Gasteiger partial charge in [-0.3, -0.25) is 0 Å². The topological polar surface area (TPSA) is 46.6 Å². The Morgan fingerprint density at radius 1 is 1.37 bits per heavy atom. The van der Waals surface area contributed by atoms with Crippen LogP contribution in [0, 0.1) is 0 Å². The summed E-state index contributed by atoms with van der Waals surface area (Å²) in [5.74, 6) is 0. The van der Waals surface area contributed by atoms with Crippen molar-refractivity contribution < 1.29 is 13.2 Å². The molecule has 0 atom stereocenters. The fourth-order valence-corrected chi connectivity index (χ4v) is 5.83. The second-order valence-electron chi connectivity index (χ2n) is 4.22. The maximum atomic E-state index is 12.4. The van der Waals surface area contributed by atoms with Gasteiger partial charge >= 0.3 is 0 Å². The van der Waals surface area contributed by atoms with Crippen LogP contribution < -0.4 is 0 Å². The van der Waals surface area contributed by atoms with Gasteiger partial charge in [-0.05, 0) is 40.9 Å². The molecule has 108 valence electrons. The van der Waals surface area contributed by atoms with Gasteiger partial charge in [-0.25, -0.2) is 8.42 Å². The third kappa shape index (κ3) is 4.01. The number of nitrogens with zero attached hydrogens (tertiary/aromatic N) is 1. The van der Waals surface area contributed by atoms with Gasteiger partial charge in [-0.1, -0.05) is 15.9 Å². The first-order valence-electron chi connectivity index (χ1n) is 5.97. The molecule has 1 saturated heterocycles. The fourth-order valence-electron chi connectivity index (χ4n) is 2.01. The Morgan fingerprint density at radius 3 is 2.58 bits per heavy atom. The first-order valence-corrected chi connectivity index (χ1v) is 10.1. The number of alkyl halides is 1. The maximum Gasteiger partial charge on any atom is 0.252 e. The average molecular weight is 433 g/mol. The van der Waals surface area contributed by atoms with Crippen molar-refractivity contribution in [3.8, 4) is 0 Å². The predicted molar refractivity (Wildman–Crippen MR) is 83.5 cm³/mol. The monoisotopic (exact) mass is 431 g/mol. The van der Waals surface area contributed by atoms with Crippen LogP contribution in [-0.4, -0.2) is 43.9 Å². The molecule has 1 aromatic heterocycles. The van der Waals surface area contributed by atoms with Crippen molar-refractivity contribution in [2.45, 2.75) is 23.2 Å². The van der Waals surface area contributed by atoms with E-state index in [-0.39, 0.29) is 6.10 Å². The van der Waals surface area contributed by atoms with Gasteiger partial charge in [-0.15, -0.1) is 11.3 Å². The summed E-state index contributed by atoms with van der Waals surface area (Å²) in [5.41, 5.74) is 0. The van der Waals surface area contributed by atoms with Gasteiger partial charge in [0.25, 0.3) is 10.0 Å². The number of halogens is 2. The van der Waals surface area contributed by atoms with Crippen LogP contribution in [0.4, 0.5) is 0 Å². The van der Waals surface area contributed by atoms with E-state index >= 15 is 0 Å². The molecule has 8 heteroatoms. The highest BCUT2D eigenvalue weighted by Gasteiger charge is 2.30. The van der Waals surface area contributed by atoms with Crippen molar-refractivity contribution in [1.29, 1.82) is 0 Å². The van der Waals surface area contributed by atoms with Gasteiger partial charge in [0.05, 0.1) is 16.5 Å². The zero-order valence-electron chi connectivity index (χ0n) is 10.2. The van der Waals surface area contributed by atoms with Crippen LogP contribution in [-0.2, 0) is 14.8 Å². The number of ether oxygens (including phenoxy) is 1. The molecule has 1 aliphatic rings. The highest BCUT2D eigenvalue weighted by molar-refractivity contribution is 9.11. The average Bonchev–Trinajstić information content (AvgIpc) is 2.84. The lowest BCUT2D eigenvalue weighted by atomic mass is 10.1. The standard InChI is InChI=1S/C11H15Br2NO3S2/c12-5-8-17-9-3-6-14(7-4-9)19(15,16)11-2-1-10(13)18-11/h1-2,9H,3-8H2. The second kappa shape index (κ2) is 7.00. The van der Waals surface area contributed by atoms with Crippen LogP contribution in [0.25, 0.3) is 0 Å². The Hall–Kier alpha value is 0.530. The van der Waals surface area contributed by atoms with Crippen molar-refractivity contribution >= 4 is 53.2 Å². The van der Waals surface area contributed by atoms with Crippen LogP contribution in [0.15, 0.2) is 20.1 Å². The lowest BCUT2D eigenvalue weighted by molar-refractivity contribution is 0.0309. The number of rotatable bonds is 5. The molecule has 2 rings (SSSR count). The summed E-state index contributed by atoms with van der Waals surface area (Å²) >= 11 is 7.87. The zero-order valence-corrected chi connectivity index (χ0v) is 15.0. The Bertz CT molecular complexity index is 510. The van der Waals surface area contributed by atoms with E-state index in [1.54, 1.807) is 16.4 Å². The van der Waals surface area contributed by atoms with E-state index in [1.807, 2.05) is 0 Å². The van der Waals surface area contributed by atoms with Crippen molar-refractivity contribution in [3.63, 3.8) is 0 Å². The summed E-state index contributed by atoms with van der Waals surface area (Å²) in [5, 5.41) is 0.814. The van der Waals surface area contributed by atoms with E-state index in [0.717, 1.165) is 22.0 Å². The maximum absolute atomic E-state index is 12.4. The number of piperidine rings is 1. The molecule has 4 nitrogen and oxygen atoms in total. The molecule has 1 aliphatic heterocycles. The first-order chi connectivity index (χ1) is 9.04. The normalized spacial score (nSPS) is 18.8. The third-order valence-electron chi connectivity index (χ3n) is 2.97. The summed E-state index contributed by atoms with van der Waals surface area (Å²) < 4.78 is 33.2. The molecule has 0 aliphatic carbocycles. The van der Waals surface area contributed by atoms with Crippen LogP contribution in [0.3, 0.4) is 0 Å². The van der Waals surface area contributed by atoms with Crippen LogP contribution in [0.5, 0.6) is 0 Å². The molecule has 2 heterocycles. The van der Waals surface area contributed by atoms with Crippen molar-refractivity contribution in [2.75, 3.05) is 25.0 Å². The Morgan fingerprint density at radius 2 is 2.05 bits per heavy atom. The van der Waals surface area contributed by atoms with Crippen LogP contribution in [0.1, 0.15) is 12.8 Å². The summed E-state index contributed by atoms with van der Waals surface area (Å²) in [4.78, 5) is 0. The molecule has 0 unspecified atom stereocenters. The summed E-state index contributed by atoms with van der Waals surface area (Å²) in [6, 6.07) is 3.42. The molecular formula is C11H15Br2NO3S2. The molecule has 0 aromatic carbocycles. The largest absolute Gasteiger partial charge is 0.377 e. The lowest BCUT2D eigenvalue weighted by Gasteiger charge is -2.30. The first kappa shape index (κ1) is 15.9. The van der Waals surface area contributed by atoms with Gasteiger partial charge in [0.2, 0.25) is 0 Å².